The molecule has 0 atom stereocenters. The van der Waals surface area contributed by atoms with Crippen molar-refractivity contribution in [2.45, 2.75) is 58.1 Å². The van der Waals surface area contributed by atoms with Crippen LogP contribution >= 0.6 is 0 Å². The van der Waals surface area contributed by atoms with Crippen LogP contribution in [0.5, 0.6) is 5.75 Å². The number of carbonyl (C=O) groups is 1. The summed E-state index contributed by atoms with van der Waals surface area (Å²) in [6, 6.07) is 14.3. The predicted octanol–water partition coefficient (Wildman–Crippen LogP) is 6.57. The number of anilines is 2. The molecule has 5 rings (SSSR count). The Bertz CT molecular complexity index is 1320. The van der Waals surface area contributed by atoms with E-state index in [4.69, 9.17) is 19.6 Å². The molecule has 1 aliphatic rings. The van der Waals surface area contributed by atoms with E-state index in [1.807, 2.05) is 50.2 Å². The highest BCUT2D eigenvalue weighted by molar-refractivity contribution is 6.01. The number of nitrogens with two attached hydrogens (primary N) is 1. The van der Waals surface area contributed by atoms with Gasteiger partial charge >= 0.3 is 6.09 Å². The third-order valence-electron chi connectivity index (χ3n) is 6.49. The fraction of sp³-hybridized carbons (Fsp3) is 0.357. The third kappa shape index (κ3) is 5.03. The molecule has 1 fully saturated rings. The molecule has 2 aromatic heterocycles. The van der Waals surface area contributed by atoms with Crippen molar-refractivity contribution in [3.05, 3.63) is 60.8 Å². The Hall–Kier alpha value is -3.94. The van der Waals surface area contributed by atoms with Gasteiger partial charge in [0.05, 0.1) is 35.8 Å². The molecule has 36 heavy (non-hydrogen) atoms. The molecular formula is C28H32N4O4. The average molecular weight is 489 g/mol. The van der Waals surface area contributed by atoms with Crippen molar-refractivity contribution in [2.75, 3.05) is 17.7 Å². The van der Waals surface area contributed by atoms with Crippen molar-refractivity contribution in [3.63, 3.8) is 0 Å². The van der Waals surface area contributed by atoms with E-state index in [2.05, 4.69) is 20.9 Å². The molecule has 2 heterocycles. The number of oxazole rings is 1. The maximum Gasteiger partial charge on any atom is 0.411 e. The first-order chi connectivity index (χ1) is 17.5. The first-order valence-corrected chi connectivity index (χ1v) is 12.5. The Morgan fingerprint density at radius 1 is 1.22 bits per heavy atom. The van der Waals surface area contributed by atoms with Gasteiger partial charge in [0, 0.05) is 35.2 Å². The number of ether oxygens (including phenoxy) is 2. The van der Waals surface area contributed by atoms with Crippen molar-refractivity contribution in [1.29, 1.82) is 0 Å². The molecule has 1 amide bonds. The van der Waals surface area contributed by atoms with Gasteiger partial charge in [-0.25, -0.2) is 9.78 Å². The Morgan fingerprint density at radius 3 is 2.69 bits per heavy atom. The van der Waals surface area contributed by atoms with Crippen LogP contribution in [0.3, 0.4) is 0 Å². The number of nitrogens with zero attached hydrogens (tertiary/aromatic N) is 2. The van der Waals surface area contributed by atoms with E-state index in [0.717, 1.165) is 65.2 Å². The molecule has 0 radical (unpaired) electrons. The minimum Gasteiger partial charge on any atom is -0.494 e. The van der Waals surface area contributed by atoms with Gasteiger partial charge in [0.2, 0.25) is 0 Å². The highest BCUT2D eigenvalue weighted by Crippen LogP contribution is 2.45. The first-order valence-electron chi connectivity index (χ1n) is 12.5. The van der Waals surface area contributed by atoms with Crippen LogP contribution in [0.1, 0.15) is 51.5 Å². The minimum absolute atomic E-state index is 0.177. The summed E-state index contributed by atoms with van der Waals surface area (Å²) >= 11 is 0. The average Bonchev–Trinajstić information content (AvgIpc) is 3.43. The molecule has 4 aromatic rings. The van der Waals surface area contributed by atoms with Crippen LogP contribution < -0.4 is 15.8 Å². The lowest BCUT2D eigenvalue weighted by molar-refractivity contribution is 0.130. The highest BCUT2D eigenvalue weighted by atomic mass is 16.6. The van der Waals surface area contributed by atoms with Crippen LogP contribution in [0, 0.1) is 0 Å². The summed E-state index contributed by atoms with van der Waals surface area (Å²) in [4.78, 5) is 16.1. The molecule has 188 valence electrons. The Labute approximate surface area is 210 Å². The zero-order valence-electron chi connectivity index (χ0n) is 20.7. The molecule has 0 spiro atoms. The number of hydrogen-bond acceptors (Lipinski definition) is 6. The van der Waals surface area contributed by atoms with Crippen LogP contribution in [0.25, 0.3) is 22.2 Å². The van der Waals surface area contributed by atoms with Gasteiger partial charge in [-0.3, -0.25) is 5.32 Å². The van der Waals surface area contributed by atoms with Crippen molar-refractivity contribution in [1.82, 2.24) is 9.55 Å². The van der Waals surface area contributed by atoms with Gasteiger partial charge in [0.15, 0.2) is 5.89 Å². The van der Waals surface area contributed by atoms with Gasteiger partial charge in [-0.1, -0.05) is 12.1 Å². The summed E-state index contributed by atoms with van der Waals surface area (Å²) < 4.78 is 18.9. The zero-order chi connectivity index (χ0) is 25.1. The van der Waals surface area contributed by atoms with E-state index >= 15 is 0 Å². The lowest BCUT2D eigenvalue weighted by atomic mass is 9.92. The van der Waals surface area contributed by atoms with Crippen molar-refractivity contribution in [2.24, 2.45) is 0 Å². The topological polar surface area (TPSA) is 105 Å². The molecule has 8 nitrogen and oxygen atoms in total. The van der Waals surface area contributed by atoms with Crippen molar-refractivity contribution >= 4 is 28.4 Å². The Morgan fingerprint density at radius 2 is 2.03 bits per heavy atom. The number of fused-ring (bicyclic) bond motifs is 1. The molecule has 0 aliphatic heterocycles. The summed E-state index contributed by atoms with van der Waals surface area (Å²) in [7, 11) is 0. The van der Waals surface area contributed by atoms with Gasteiger partial charge < -0.3 is 24.2 Å². The van der Waals surface area contributed by atoms with Gasteiger partial charge in [-0.2, -0.15) is 0 Å². The van der Waals surface area contributed by atoms with E-state index in [9.17, 15) is 4.79 Å². The Balaban J connectivity index is 1.39. The number of benzene rings is 2. The van der Waals surface area contributed by atoms with Gasteiger partial charge in [-0.15, -0.1) is 0 Å². The first kappa shape index (κ1) is 23.8. The highest BCUT2D eigenvalue weighted by Gasteiger charge is 2.27. The maximum absolute atomic E-state index is 11.9. The summed E-state index contributed by atoms with van der Waals surface area (Å²) in [5.41, 5.74) is 11.2. The second kappa shape index (κ2) is 10.4. The minimum atomic E-state index is -0.464. The summed E-state index contributed by atoms with van der Waals surface area (Å²) in [5, 5.41) is 3.79. The molecule has 1 saturated carbocycles. The predicted molar refractivity (Wildman–Crippen MR) is 140 cm³/mol. The standard InChI is InChI=1S/C28H32N4O4/c1-18(2)36-28(33)31-20-10-8-19(9-11-20)27-26(29)23-13-12-22(17-24(23)32(27)21-5-3-6-21)34-15-4-7-25-30-14-16-35-25/h8-14,16-18,21H,3-7,15,29H2,1-2H3,(H,31,33). The summed E-state index contributed by atoms with van der Waals surface area (Å²) in [6.45, 7) is 4.22. The summed E-state index contributed by atoms with van der Waals surface area (Å²) in [5.74, 6) is 1.55. The van der Waals surface area contributed by atoms with Crippen molar-refractivity contribution < 1.29 is 18.7 Å². The molecule has 1 aliphatic carbocycles. The molecule has 3 N–H and O–H groups in total. The van der Waals surface area contributed by atoms with Gasteiger partial charge in [-0.05, 0) is 63.8 Å². The lowest BCUT2D eigenvalue weighted by Crippen LogP contribution is -2.18. The number of hydrogen-bond donors (Lipinski definition) is 2. The number of nitrogen functional groups attached to an aromatic ring is 1. The normalized spacial score (nSPS) is 13.6. The third-order valence-corrected chi connectivity index (χ3v) is 6.49. The van der Waals surface area contributed by atoms with E-state index in [-0.39, 0.29) is 6.10 Å². The fourth-order valence-electron chi connectivity index (χ4n) is 4.59. The van der Waals surface area contributed by atoms with Crippen LogP contribution in [-0.4, -0.2) is 28.4 Å². The molecule has 2 aromatic carbocycles. The number of aryl methyl sites for hydroxylation is 1. The van der Waals surface area contributed by atoms with Gasteiger partial charge in [0.25, 0.3) is 0 Å². The monoisotopic (exact) mass is 488 g/mol. The number of nitrogens with one attached hydrogen (secondary N) is 1. The van der Waals surface area contributed by atoms with Crippen LogP contribution in [-0.2, 0) is 11.2 Å². The SMILES string of the molecule is CC(C)OC(=O)Nc1ccc(-c2c(N)c3ccc(OCCCc4ncco4)cc3n2C2CCC2)cc1. The summed E-state index contributed by atoms with van der Waals surface area (Å²) in [6.07, 6.45) is 7.62. The van der Waals surface area contributed by atoms with Crippen LogP contribution in [0.15, 0.2) is 59.3 Å². The zero-order valence-corrected chi connectivity index (χ0v) is 20.7. The quantitative estimate of drug-likeness (QED) is 0.258. The largest absolute Gasteiger partial charge is 0.494 e. The van der Waals surface area contributed by atoms with Crippen LogP contribution in [0.4, 0.5) is 16.2 Å². The maximum atomic E-state index is 11.9. The second-order valence-electron chi connectivity index (χ2n) is 9.43. The van der Waals surface area contributed by atoms with Crippen LogP contribution in [0.2, 0.25) is 0 Å². The molecular weight excluding hydrogens is 456 g/mol. The molecule has 0 bridgehead atoms. The molecule has 0 saturated heterocycles. The lowest BCUT2D eigenvalue weighted by Gasteiger charge is -2.30. The van der Waals surface area contributed by atoms with E-state index in [0.29, 0.717) is 18.3 Å². The number of amides is 1. The van der Waals surface area contributed by atoms with E-state index < -0.39 is 6.09 Å². The smallest absolute Gasteiger partial charge is 0.411 e. The van der Waals surface area contributed by atoms with E-state index in [1.165, 1.54) is 6.42 Å². The fourth-order valence-corrected chi connectivity index (χ4v) is 4.59. The van der Waals surface area contributed by atoms with E-state index in [1.54, 1.807) is 12.5 Å². The number of aromatic nitrogens is 2. The molecule has 0 unspecified atom stereocenters. The molecule has 8 heteroatoms. The number of carbonyl (C=O) groups excluding carboxylic acids is 1. The van der Waals surface area contributed by atoms with Gasteiger partial charge in [0.1, 0.15) is 12.0 Å². The Kier molecular flexibility index (Phi) is 6.84. The number of rotatable bonds is 9. The second-order valence-corrected chi connectivity index (χ2v) is 9.43. The van der Waals surface area contributed by atoms with Crippen molar-refractivity contribution in [3.8, 4) is 17.0 Å².